The van der Waals surface area contributed by atoms with Gasteiger partial charge >= 0.3 is 6.09 Å². The second kappa shape index (κ2) is 17.1. The van der Waals surface area contributed by atoms with Gasteiger partial charge < -0.3 is 30.0 Å². The monoisotopic (exact) mass is 696 g/mol. The van der Waals surface area contributed by atoms with Crippen molar-refractivity contribution >= 4 is 12.0 Å². The summed E-state index contributed by atoms with van der Waals surface area (Å²) >= 11 is 0. The smallest absolute Gasteiger partial charge is 0.404 e. The first kappa shape index (κ1) is 36.3. The zero-order valence-electron chi connectivity index (χ0n) is 30.0. The quantitative estimate of drug-likeness (QED) is 0.0809. The minimum absolute atomic E-state index is 0.0601. The van der Waals surface area contributed by atoms with Crippen molar-refractivity contribution in [1.82, 2.24) is 40.4 Å². The Bertz CT molecular complexity index is 1720. The van der Waals surface area contributed by atoms with Crippen LogP contribution >= 0.6 is 0 Å². The first-order valence-electron chi connectivity index (χ1n) is 18.5. The largest absolute Gasteiger partial charge is 0.465 e. The zero-order valence-corrected chi connectivity index (χ0v) is 30.0. The number of H-pyrrole nitrogens is 2. The number of hydrogen-bond donors (Lipinski definition) is 5. The zero-order chi connectivity index (χ0) is 35.7. The number of rotatable bonds is 16. The van der Waals surface area contributed by atoms with Crippen LogP contribution in [-0.4, -0.2) is 92.4 Å². The van der Waals surface area contributed by atoms with Crippen molar-refractivity contribution in [3.05, 3.63) is 72.6 Å². The maximum atomic E-state index is 13.5. The Kier molecular flexibility index (Phi) is 12.2. The van der Waals surface area contributed by atoms with Gasteiger partial charge in [0.2, 0.25) is 5.91 Å². The van der Waals surface area contributed by atoms with Crippen molar-refractivity contribution in [3.8, 4) is 33.6 Å². The number of ether oxygens (including phenoxy) is 1. The molecule has 2 fully saturated rings. The fraction of sp³-hybridized carbons (Fsp3) is 0.487. The number of carbonyl (C=O) groups is 2. The van der Waals surface area contributed by atoms with Crippen LogP contribution in [0.15, 0.2) is 60.9 Å². The van der Waals surface area contributed by atoms with E-state index in [4.69, 9.17) is 14.7 Å². The third-order valence-corrected chi connectivity index (χ3v) is 10.2. The number of nitrogens with one attached hydrogen (secondary N) is 4. The van der Waals surface area contributed by atoms with Crippen molar-refractivity contribution in [3.63, 3.8) is 0 Å². The van der Waals surface area contributed by atoms with Crippen molar-refractivity contribution in [1.29, 1.82) is 0 Å². The molecular weight excluding hydrogens is 644 g/mol. The molecule has 0 spiro atoms. The van der Waals surface area contributed by atoms with Crippen molar-refractivity contribution in [2.45, 2.75) is 89.4 Å². The van der Waals surface area contributed by atoms with Gasteiger partial charge in [0.1, 0.15) is 11.6 Å². The molecule has 6 rings (SSSR count). The lowest BCUT2D eigenvalue weighted by Gasteiger charge is -2.28. The number of imidazole rings is 2. The molecule has 272 valence electrons. The molecule has 0 saturated carbocycles. The minimum atomic E-state index is -0.968. The molecule has 12 heteroatoms. The number of carboxylic acid groups (broad SMARTS) is 1. The lowest BCUT2D eigenvalue weighted by molar-refractivity contribution is -0.135. The van der Waals surface area contributed by atoms with Crippen LogP contribution in [0.5, 0.6) is 0 Å². The van der Waals surface area contributed by atoms with Crippen molar-refractivity contribution < 1.29 is 19.4 Å². The average Bonchev–Trinajstić information content (AvgIpc) is 3.97. The first-order valence-corrected chi connectivity index (χ1v) is 18.5. The van der Waals surface area contributed by atoms with E-state index >= 15 is 0 Å². The molecule has 2 saturated heterocycles. The molecule has 0 aliphatic carbocycles. The van der Waals surface area contributed by atoms with Gasteiger partial charge in [-0.15, -0.1) is 0 Å². The standard InChI is InChI=1S/C39H52N8O4/c1-4-8-30(43-39(49)50)24-46-20-6-10-34(46)36-40-22-32(44-36)28-16-12-26(13-17-28)27-14-18-29(19-15-27)33-23-41-37(45-33)35-11-7-21-47(35)38(48)31(9-5-2)42-25-51-3/h12-19,22-23,30-31,34-35,42-43H,4-11,20-21,24-25H2,1-3H3,(H,40,44)(H,41,45)(H,49,50)/t30-,31-,34-,35?/m0/s1. The minimum Gasteiger partial charge on any atom is -0.465 e. The second-order valence-electron chi connectivity index (χ2n) is 13.8. The third kappa shape index (κ3) is 8.69. The number of carbonyl (C=O) groups excluding carboxylic acids is 1. The highest BCUT2D eigenvalue weighted by molar-refractivity contribution is 5.82. The molecule has 4 heterocycles. The number of aromatic amines is 2. The Morgan fingerprint density at radius 3 is 1.96 bits per heavy atom. The summed E-state index contributed by atoms with van der Waals surface area (Å²) in [6, 6.07) is 16.7. The van der Waals surface area contributed by atoms with Crippen LogP contribution < -0.4 is 10.6 Å². The summed E-state index contributed by atoms with van der Waals surface area (Å²) in [5, 5.41) is 15.2. The van der Waals surface area contributed by atoms with Crippen LogP contribution in [-0.2, 0) is 9.53 Å². The number of nitrogens with zero attached hydrogens (tertiary/aromatic N) is 4. The highest BCUT2D eigenvalue weighted by Crippen LogP contribution is 2.34. The van der Waals surface area contributed by atoms with Gasteiger partial charge in [-0.3, -0.25) is 15.0 Å². The normalized spacial score (nSPS) is 19.0. The molecule has 2 aromatic heterocycles. The Balaban J connectivity index is 1.09. The van der Waals surface area contributed by atoms with E-state index < -0.39 is 6.09 Å². The molecule has 2 amide bonds. The topological polar surface area (TPSA) is 151 Å². The van der Waals surface area contributed by atoms with Crippen molar-refractivity contribution in [2.24, 2.45) is 0 Å². The summed E-state index contributed by atoms with van der Waals surface area (Å²) in [4.78, 5) is 45.6. The highest BCUT2D eigenvalue weighted by Gasteiger charge is 2.35. The molecule has 51 heavy (non-hydrogen) atoms. The van der Waals surface area contributed by atoms with E-state index in [0.29, 0.717) is 13.3 Å². The molecule has 2 aliphatic heterocycles. The number of amides is 2. The first-order chi connectivity index (χ1) is 24.9. The molecule has 0 radical (unpaired) electrons. The fourth-order valence-corrected chi connectivity index (χ4v) is 7.66. The van der Waals surface area contributed by atoms with Crippen LogP contribution in [0.2, 0.25) is 0 Å². The molecule has 4 aromatic rings. The second-order valence-corrected chi connectivity index (χ2v) is 13.8. The van der Waals surface area contributed by atoms with Gasteiger partial charge in [-0.2, -0.15) is 0 Å². The van der Waals surface area contributed by atoms with Crippen LogP contribution in [0.25, 0.3) is 33.6 Å². The summed E-state index contributed by atoms with van der Waals surface area (Å²) in [6.07, 6.45) is 10.1. The van der Waals surface area contributed by atoms with E-state index in [0.717, 1.165) is 110 Å². The molecule has 2 aromatic carbocycles. The SMILES string of the molecule is CCC[C@@H](CN1CCC[C@H]1c1ncc(-c2ccc(-c3ccc(-c4cnc(C5CCCN5C(=O)[C@H](CCC)NCOC)[nH]4)cc3)cc2)[nH]1)NC(=O)O. The fourth-order valence-electron chi connectivity index (χ4n) is 7.66. The number of likely N-dealkylation sites (tertiary alicyclic amines) is 2. The summed E-state index contributed by atoms with van der Waals surface area (Å²) in [5.74, 6) is 1.87. The molecular formula is C39H52N8O4. The number of methoxy groups -OCH3 is 1. The van der Waals surface area contributed by atoms with Gasteiger partial charge in [0.25, 0.3) is 0 Å². The molecule has 4 atom stereocenters. The van der Waals surface area contributed by atoms with Gasteiger partial charge in [0, 0.05) is 26.2 Å². The predicted octanol–water partition coefficient (Wildman–Crippen LogP) is 6.73. The molecule has 1 unspecified atom stereocenters. The van der Waals surface area contributed by atoms with E-state index in [9.17, 15) is 14.7 Å². The number of benzene rings is 2. The Hall–Kier alpha value is -4.52. The van der Waals surface area contributed by atoms with Gasteiger partial charge in [-0.05, 0) is 67.3 Å². The van der Waals surface area contributed by atoms with Gasteiger partial charge in [0.05, 0.1) is 48.6 Å². The van der Waals surface area contributed by atoms with Crippen LogP contribution in [0.1, 0.15) is 88.9 Å². The van der Waals surface area contributed by atoms with E-state index in [-0.39, 0.29) is 30.1 Å². The van der Waals surface area contributed by atoms with Crippen LogP contribution in [0, 0.1) is 0 Å². The Morgan fingerprint density at radius 1 is 0.843 bits per heavy atom. The third-order valence-electron chi connectivity index (χ3n) is 10.2. The lowest BCUT2D eigenvalue weighted by atomic mass is 10.0. The summed E-state index contributed by atoms with van der Waals surface area (Å²) in [7, 11) is 1.63. The van der Waals surface area contributed by atoms with E-state index in [1.807, 2.05) is 17.3 Å². The number of hydrogen-bond acceptors (Lipinski definition) is 7. The predicted molar refractivity (Wildman–Crippen MR) is 198 cm³/mol. The summed E-state index contributed by atoms with van der Waals surface area (Å²) in [5.41, 5.74) is 6.25. The molecule has 12 nitrogen and oxygen atoms in total. The maximum absolute atomic E-state index is 13.5. The van der Waals surface area contributed by atoms with Crippen LogP contribution in [0.4, 0.5) is 4.79 Å². The lowest BCUT2D eigenvalue weighted by Crippen LogP contribution is -2.46. The maximum Gasteiger partial charge on any atom is 0.404 e. The van der Waals surface area contributed by atoms with Crippen LogP contribution in [0.3, 0.4) is 0 Å². The highest BCUT2D eigenvalue weighted by atomic mass is 16.5. The molecule has 5 N–H and O–H groups in total. The molecule has 2 aliphatic rings. The Morgan fingerprint density at radius 2 is 1.39 bits per heavy atom. The van der Waals surface area contributed by atoms with E-state index in [1.165, 1.54) is 0 Å². The number of aromatic nitrogens is 4. The Labute approximate surface area is 300 Å². The van der Waals surface area contributed by atoms with Gasteiger partial charge in [0.15, 0.2) is 0 Å². The van der Waals surface area contributed by atoms with E-state index in [1.54, 1.807) is 7.11 Å². The van der Waals surface area contributed by atoms with Gasteiger partial charge in [-0.25, -0.2) is 14.8 Å². The average molecular weight is 697 g/mol. The molecule has 0 bridgehead atoms. The van der Waals surface area contributed by atoms with Crippen molar-refractivity contribution in [2.75, 3.05) is 33.5 Å². The summed E-state index contributed by atoms with van der Waals surface area (Å²) in [6.45, 7) is 6.87. The summed E-state index contributed by atoms with van der Waals surface area (Å²) < 4.78 is 5.18. The van der Waals surface area contributed by atoms with Gasteiger partial charge in [-0.1, -0.05) is 75.2 Å². The van der Waals surface area contributed by atoms with E-state index in [2.05, 4.69) is 87.9 Å².